The third-order valence-electron chi connectivity index (χ3n) is 2.07. The molecule has 0 radical (unpaired) electrons. The fourth-order valence-corrected chi connectivity index (χ4v) is 2.09. The van der Waals surface area contributed by atoms with Crippen molar-refractivity contribution in [1.82, 2.24) is 0 Å². The van der Waals surface area contributed by atoms with Crippen LogP contribution < -0.4 is 5.32 Å². The SMILES string of the molecule is O=[PH](O)CCCCNc1ccc(Cl)c(Cl)c1. The van der Waals surface area contributed by atoms with E-state index in [0.717, 1.165) is 25.1 Å². The summed E-state index contributed by atoms with van der Waals surface area (Å²) in [7, 11) is -2.31. The third kappa shape index (κ3) is 5.22. The molecule has 0 aliphatic rings. The minimum atomic E-state index is -2.31. The molecule has 0 saturated carbocycles. The van der Waals surface area contributed by atoms with Gasteiger partial charge in [0.1, 0.15) is 0 Å². The van der Waals surface area contributed by atoms with Crippen molar-refractivity contribution in [3.05, 3.63) is 28.2 Å². The fourth-order valence-electron chi connectivity index (χ4n) is 1.24. The zero-order valence-electron chi connectivity index (χ0n) is 8.67. The number of hydrogen-bond donors (Lipinski definition) is 2. The molecule has 1 rings (SSSR count). The first-order chi connectivity index (χ1) is 7.59. The van der Waals surface area contributed by atoms with Crippen LogP contribution >= 0.6 is 31.2 Å². The van der Waals surface area contributed by atoms with E-state index in [1.54, 1.807) is 12.1 Å². The van der Waals surface area contributed by atoms with Crippen molar-refractivity contribution in [2.45, 2.75) is 12.8 Å². The van der Waals surface area contributed by atoms with E-state index in [1.165, 1.54) is 0 Å². The molecule has 3 nitrogen and oxygen atoms in total. The Hall–Kier alpha value is -0.210. The molecule has 0 amide bonds. The molecule has 0 aliphatic carbocycles. The summed E-state index contributed by atoms with van der Waals surface area (Å²) in [5.41, 5.74) is 0.908. The van der Waals surface area contributed by atoms with Gasteiger partial charge >= 0.3 is 0 Å². The number of unbranched alkanes of at least 4 members (excludes halogenated alkanes) is 1. The molecule has 0 saturated heterocycles. The minimum Gasteiger partial charge on any atom is -0.385 e. The van der Waals surface area contributed by atoms with Gasteiger partial charge in [0.05, 0.1) is 10.0 Å². The number of halogens is 2. The Bertz CT molecular complexity index is 374. The quantitative estimate of drug-likeness (QED) is 0.618. The van der Waals surface area contributed by atoms with Gasteiger partial charge in [-0.05, 0) is 31.0 Å². The number of rotatable bonds is 6. The average molecular weight is 282 g/mol. The van der Waals surface area contributed by atoms with Crippen molar-refractivity contribution in [1.29, 1.82) is 0 Å². The molecule has 16 heavy (non-hydrogen) atoms. The second-order valence-electron chi connectivity index (χ2n) is 3.41. The zero-order valence-corrected chi connectivity index (χ0v) is 11.2. The van der Waals surface area contributed by atoms with E-state index in [0.29, 0.717) is 16.2 Å². The highest BCUT2D eigenvalue weighted by Crippen LogP contribution is 2.25. The Morgan fingerprint density at radius 3 is 2.62 bits per heavy atom. The average Bonchev–Trinajstić information content (AvgIpc) is 2.22. The van der Waals surface area contributed by atoms with Gasteiger partial charge in [-0.1, -0.05) is 23.2 Å². The lowest BCUT2D eigenvalue weighted by Gasteiger charge is -2.06. The third-order valence-corrected chi connectivity index (χ3v) is 3.59. The second kappa shape index (κ2) is 7.18. The minimum absolute atomic E-state index is 0.397. The molecule has 0 heterocycles. The molecular formula is C10H14Cl2NO2P. The van der Waals surface area contributed by atoms with E-state index in [9.17, 15) is 4.57 Å². The summed E-state index contributed by atoms with van der Waals surface area (Å²) in [5.74, 6) is 0. The van der Waals surface area contributed by atoms with Crippen molar-refractivity contribution in [3.8, 4) is 0 Å². The van der Waals surface area contributed by atoms with E-state index in [-0.39, 0.29) is 0 Å². The molecule has 1 aromatic carbocycles. The Labute approximate surface area is 106 Å². The van der Waals surface area contributed by atoms with Crippen LogP contribution in [-0.2, 0) is 4.57 Å². The monoisotopic (exact) mass is 281 g/mol. The molecule has 0 bridgehead atoms. The van der Waals surface area contributed by atoms with Crippen LogP contribution in [0.5, 0.6) is 0 Å². The summed E-state index contributed by atoms with van der Waals surface area (Å²) in [6.45, 7) is 0.757. The summed E-state index contributed by atoms with van der Waals surface area (Å²) < 4.78 is 10.4. The fraction of sp³-hybridized carbons (Fsp3) is 0.400. The van der Waals surface area contributed by atoms with Crippen molar-refractivity contribution < 1.29 is 9.46 Å². The molecule has 0 aromatic heterocycles. The first-order valence-electron chi connectivity index (χ1n) is 5.00. The van der Waals surface area contributed by atoms with E-state index < -0.39 is 8.03 Å². The van der Waals surface area contributed by atoms with Crippen molar-refractivity contribution in [2.24, 2.45) is 0 Å². The molecule has 1 unspecified atom stereocenters. The normalized spacial score (nSPS) is 12.4. The highest BCUT2D eigenvalue weighted by Gasteiger charge is 1.99. The highest BCUT2D eigenvalue weighted by atomic mass is 35.5. The summed E-state index contributed by atoms with van der Waals surface area (Å²) in [6, 6.07) is 5.35. The molecule has 90 valence electrons. The van der Waals surface area contributed by atoms with E-state index in [1.807, 2.05) is 6.07 Å². The van der Waals surface area contributed by atoms with Gasteiger partial charge in [-0.25, -0.2) is 0 Å². The van der Waals surface area contributed by atoms with Crippen LogP contribution in [0, 0.1) is 0 Å². The van der Waals surface area contributed by atoms with Crippen molar-refractivity contribution in [2.75, 3.05) is 18.0 Å². The first-order valence-corrected chi connectivity index (χ1v) is 7.32. The molecule has 0 aliphatic heterocycles. The molecule has 0 spiro atoms. The van der Waals surface area contributed by atoms with Crippen LogP contribution in [0.25, 0.3) is 0 Å². The smallest absolute Gasteiger partial charge is 0.189 e. The summed E-state index contributed by atoms with van der Waals surface area (Å²) >= 11 is 11.6. The summed E-state index contributed by atoms with van der Waals surface area (Å²) in [4.78, 5) is 8.63. The maximum atomic E-state index is 10.4. The number of hydrogen-bond acceptors (Lipinski definition) is 2. The number of anilines is 1. The van der Waals surface area contributed by atoms with Gasteiger partial charge in [0, 0.05) is 18.4 Å². The maximum absolute atomic E-state index is 10.4. The summed E-state index contributed by atoms with van der Waals surface area (Å²) in [5, 5.41) is 4.22. The van der Waals surface area contributed by atoms with E-state index in [4.69, 9.17) is 28.1 Å². The van der Waals surface area contributed by atoms with Gasteiger partial charge in [-0.15, -0.1) is 0 Å². The van der Waals surface area contributed by atoms with E-state index >= 15 is 0 Å². The van der Waals surface area contributed by atoms with Crippen LogP contribution in [0.2, 0.25) is 10.0 Å². The first kappa shape index (κ1) is 13.9. The maximum Gasteiger partial charge on any atom is 0.189 e. The lowest BCUT2D eigenvalue weighted by molar-refractivity contribution is 0.500. The van der Waals surface area contributed by atoms with Crippen LogP contribution in [0.4, 0.5) is 5.69 Å². The lowest BCUT2D eigenvalue weighted by atomic mass is 10.3. The molecule has 1 aromatic rings. The van der Waals surface area contributed by atoms with Crippen molar-refractivity contribution in [3.63, 3.8) is 0 Å². The predicted molar refractivity (Wildman–Crippen MR) is 70.3 cm³/mol. The molecular weight excluding hydrogens is 268 g/mol. The topological polar surface area (TPSA) is 49.3 Å². The highest BCUT2D eigenvalue weighted by molar-refractivity contribution is 7.37. The molecule has 2 N–H and O–H groups in total. The van der Waals surface area contributed by atoms with Gasteiger partial charge in [-0.3, -0.25) is 4.57 Å². The predicted octanol–water partition coefficient (Wildman–Crippen LogP) is 3.65. The lowest BCUT2D eigenvalue weighted by Crippen LogP contribution is -2.01. The molecule has 6 heteroatoms. The van der Waals surface area contributed by atoms with Gasteiger partial charge in [0.2, 0.25) is 0 Å². The van der Waals surface area contributed by atoms with Gasteiger partial charge < -0.3 is 10.2 Å². The Morgan fingerprint density at radius 2 is 2.00 bits per heavy atom. The second-order valence-corrected chi connectivity index (χ2v) is 5.51. The van der Waals surface area contributed by atoms with Crippen molar-refractivity contribution >= 4 is 36.9 Å². The molecule has 0 fully saturated rings. The van der Waals surface area contributed by atoms with Gasteiger partial charge in [0.15, 0.2) is 8.03 Å². The van der Waals surface area contributed by atoms with E-state index in [2.05, 4.69) is 5.32 Å². The largest absolute Gasteiger partial charge is 0.385 e. The number of benzene rings is 1. The van der Waals surface area contributed by atoms with Crippen LogP contribution in [0.1, 0.15) is 12.8 Å². The van der Waals surface area contributed by atoms with Crippen LogP contribution in [0.3, 0.4) is 0 Å². The van der Waals surface area contributed by atoms with Crippen LogP contribution in [-0.4, -0.2) is 17.6 Å². The standard InChI is InChI=1S/C10H14Cl2NO2P/c11-9-4-3-8(7-10(9)12)13-5-1-2-6-16(14)15/h3-4,7,13,16H,1-2,5-6H2,(H,14,15). The Kier molecular flexibility index (Phi) is 6.22. The van der Waals surface area contributed by atoms with Gasteiger partial charge in [0.25, 0.3) is 0 Å². The number of nitrogens with one attached hydrogen (secondary N) is 1. The molecule has 1 atom stereocenters. The Morgan fingerprint density at radius 1 is 1.25 bits per heavy atom. The zero-order chi connectivity index (χ0) is 12.0. The summed E-state index contributed by atoms with van der Waals surface area (Å²) in [6.07, 6.45) is 2.01. The van der Waals surface area contributed by atoms with Crippen LogP contribution in [0.15, 0.2) is 18.2 Å². The van der Waals surface area contributed by atoms with Gasteiger partial charge in [-0.2, -0.15) is 0 Å². The Balaban J connectivity index is 2.27.